The predicted octanol–water partition coefficient (Wildman–Crippen LogP) is 1.61. The van der Waals surface area contributed by atoms with Gasteiger partial charge in [0.25, 0.3) is 0 Å². The minimum absolute atomic E-state index is 0.0641. The molecule has 0 saturated heterocycles. The van der Waals surface area contributed by atoms with Gasteiger partial charge in [-0.25, -0.2) is 8.78 Å². The van der Waals surface area contributed by atoms with Gasteiger partial charge in [0.15, 0.2) is 0 Å². The average molecular weight is 207 g/mol. The van der Waals surface area contributed by atoms with Crippen molar-refractivity contribution in [2.24, 2.45) is 11.7 Å². The second-order valence-electron chi connectivity index (χ2n) is 3.96. The van der Waals surface area contributed by atoms with Crippen LogP contribution in [-0.2, 0) is 4.79 Å². The molecule has 3 N–H and O–H groups in total. The first-order chi connectivity index (χ1) is 6.41. The summed E-state index contributed by atoms with van der Waals surface area (Å²) in [7, 11) is 0. The van der Waals surface area contributed by atoms with Crippen LogP contribution in [0.1, 0.15) is 32.1 Å². The lowest BCUT2D eigenvalue weighted by Gasteiger charge is -2.31. The van der Waals surface area contributed by atoms with Gasteiger partial charge in [-0.15, -0.1) is 0 Å². The summed E-state index contributed by atoms with van der Waals surface area (Å²) in [6.45, 7) is 0. The highest BCUT2D eigenvalue weighted by Crippen LogP contribution is 2.37. The molecule has 0 heterocycles. The lowest BCUT2D eigenvalue weighted by Crippen LogP contribution is -2.37. The van der Waals surface area contributed by atoms with Gasteiger partial charge >= 0.3 is 5.97 Å². The minimum Gasteiger partial charge on any atom is -0.481 e. The molecule has 3 nitrogen and oxygen atoms in total. The molecule has 1 saturated carbocycles. The fraction of sp³-hybridized carbons (Fsp3) is 0.889. The summed E-state index contributed by atoms with van der Waals surface area (Å²) in [4.78, 5) is 10.4. The highest BCUT2D eigenvalue weighted by molar-refractivity contribution is 5.67. The molecule has 1 aliphatic carbocycles. The van der Waals surface area contributed by atoms with E-state index in [0.29, 0.717) is 12.8 Å². The van der Waals surface area contributed by atoms with Crippen molar-refractivity contribution in [3.63, 3.8) is 0 Å². The van der Waals surface area contributed by atoms with Gasteiger partial charge in [-0.1, -0.05) is 0 Å². The maximum absolute atomic E-state index is 12.7. The van der Waals surface area contributed by atoms with Crippen molar-refractivity contribution in [1.29, 1.82) is 0 Å². The van der Waals surface area contributed by atoms with Gasteiger partial charge in [0, 0.05) is 18.9 Å². The van der Waals surface area contributed by atoms with Crippen molar-refractivity contribution in [2.45, 2.75) is 44.1 Å². The number of aliphatic carboxylic acids is 1. The Bertz CT molecular complexity index is 211. The fourth-order valence-corrected chi connectivity index (χ4v) is 1.86. The number of rotatable bonds is 3. The maximum atomic E-state index is 12.7. The third-order valence-electron chi connectivity index (χ3n) is 2.78. The Morgan fingerprint density at radius 1 is 1.50 bits per heavy atom. The summed E-state index contributed by atoms with van der Waals surface area (Å²) < 4.78 is 25.5. The largest absolute Gasteiger partial charge is 0.481 e. The van der Waals surface area contributed by atoms with E-state index in [9.17, 15) is 13.6 Å². The molecule has 1 rings (SSSR count). The molecule has 82 valence electrons. The van der Waals surface area contributed by atoms with Crippen LogP contribution in [0.2, 0.25) is 0 Å². The molecule has 0 amide bonds. The number of alkyl halides is 2. The SMILES string of the molecule is N[C@H](CC(=O)O)C1CCC(F)(F)CC1. The van der Waals surface area contributed by atoms with E-state index >= 15 is 0 Å². The molecule has 14 heavy (non-hydrogen) atoms. The summed E-state index contributed by atoms with van der Waals surface area (Å²) in [5.41, 5.74) is 5.61. The Balaban J connectivity index is 2.37. The summed E-state index contributed by atoms with van der Waals surface area (Å²) in [6, 6.07) is -0.483. The van der Waals surface area contributed by atoms with Crippen molar-refractivity contribution < 1.29 is 18.7 Å². The predicted molar refractivity (Wildman–Crippen MR) is 47.1 cm³/mol. The van der Waals surface area contributed by atoms with Gasteiger partial charge in [0.05, 0.1) is 6.42 Å². The molecule has 0 aliphatic heterocycles. The van der Waals surface area contributed by atoms with Crippen molar-refractivity contribution in [3.05, 3.63) is 0 Å². The first kappa shape index (κ1) is 11.4. The number of hydrogen-bond acceptors (Lipinski definition) is 2. The Kier molecular flexibility index (Phi) is 3.42. The zero-order valence-corrected chi connectivity index (χ0v) is 7.88. The quantitative estimate of drug-likeness (QED) is 0.739. The molecule has 0 aromatic heterocycles. The number of carboxylic acid groups (broad SMARTS) is 1. The number of carboxylic acids is 1. The number of hydrogen-bond donors (Lipinski definition) is 2. The van der Waals surface area contributed by atoms with E-state index < -0.39 is 17.9 Å². The zero-order chi connectivity index (χ0) is 10.8. The molecule has 1 atom stereocenters. The van der Waals surface area contributed by atoms with Gasteiger partial charge in [0.1, 0.15) is 0 Å². The van der Waals surface area contributed by atoms with Gasteiger partial charge < -0.3 is 10.8 Å². The van der Waals surface area contributed by atoms with E-state index in [1.165, 1.54) is 0 Å². The van der Waals surface area contributed by atoms with Crippen LogP contribution in [0.5, 0.6) is 0 Å². The second kappa shape index (κ2) is 4.21. The van der Waals surface area contributed by atoms with E-state index in [4.69, 9.17) is 10.8 Å². The molecule has 0 spiro atoms. The van der Waals surface area contributed by atoms with Crippen molar-refractivity contribution in [2.75, 3.05) is 0 Å². The lowest BCUT2D eigenvalue weighted by atomic mass is 9.81. The monoisotopic (exact) mass is 207 g/mol. The standard InChI is InChI=1S/C9H15F2NO2/c10-9(11)3-1-6(2-4-9)7(12)5-8(13)14/h6-7H,1-5,12H2,(H,13,14)/t7-/m1/s1. The minimum atomic E-state index is -2.57. The summed E-state index contributed by atoms with van der Waals surface area (Å²) in [5.74, 6) is -3.60. The second-order valence-corrected chi connectivity index (χ2v) is 3.96. The fourth-order valence-electron chi connectivity index (χ4n) is 1.86. The van der Waals surface area contributed by atoms with Crippen LogP contribution < -0.4 is 5.73 Å². The van der Waals surface area contributed by atoms with Gasteiger partial charge in [-0.2, -0.15) is 0 Å². The highest BCUT2D eigenvalue weighted by atomic mass is 19.3. The molecular weight excluding hydrogens is 192 g/mol. The molecule has 0 aromatic rings. The number of carbonyl (C=O) groups is 1. The molecule has 0 aromatic carbocycles. The van der Waals surface area contributed by atoms with Gasteiger partial charge in [-0.3, -0.25) is 4.79 Å². The Labute approximate surface area is 81.3 Å². The Morgan fingerprint density at radius 2 is 2.00 bits per heavy atom. The Hall–Kier alpha value is -0.710. The van der Waals surface area contributed by atoms with E-state index in [0.717, 1.165) is 0 Å². The molecule has 1 aliphatic rings. The van der Waals surface area contributed by atoms with Crippen molar-refractivity contribution in [1.82, 2.24) is 0 Å². The lowest BCUT2D eigenvalue weighted by molar-refractivity contribution is -0.137. The Morgan fingerprint density at radius 3 is 2.43 bits per heavy atom. The van der Waals surface area contributed by atoms with E-state index in [2.05, 4.69) is 0 Å². The normalized spacial score (nSPS) is 24.5. The van der Waals surface area contributed by atoms with Gasteiger partial charge in [-0.05, 0) is 18.8 Å². The summed E-state index contributed by atoms with van der Waals surface area (Å²) in [6.07, 6.45) is 0.217. The van der Waals surface area contributed by atoms with E-state index in [1.807, 2.05) is 0 Å². The van der Waals surface area contributed by atoms with Crippen LogP contribution in [0.4, 0.5) is 8.78 Å². The molecule has 0 bridgehead atoms. The topological polar surface area (TPSA) is 63.3 Å². The number of nitrogens with two attached hydrogens (primary N) is 1. The molecular formula is C9H15F2NO2. The van der Waals surface area contributed by atoms with Crippen LogP contribution in [0.3, 0.4) is 0 Å². The third-order valence-corrected chi connectivity index (χ3v) is 2.78. The highest BCUT2D eigenvalue weighted by Gasteiger charge is 2.37. The molecule has 0 unspecified atom stereocenters. The third kappa shape index (κ3) is 3.21. The smallest absolute Gasteiger partial charge is 0.304 e. The summed E-state index contributed by atoms with van der Waals surface area (Å²) in [5, 5.41) is 8.49. The average Bonchev–Trinajstić information content (AvgIpc) is 2.02. The van der Waals surface area contributed by atoms with Crippen LogP contribution >= 0.6 is 0 Å². The van der Waals surface area contributed by atoms with Gasteiger partial charge in [0.2, 0.25) is 5.92 Å². The number of halogens is 2. The van der Waals surface area contributed by atoms with E-state index in [1.54, 1.807) is 0 Å². The zero-order valence-electron chi connectivity index (χ0n) is 7.88. The van der Waals surface area contributed by atoms with E-state index in [-0.39, 0.29) is 25.2 Å². The molecule has 5 heteroatoms. The van der Waals surface area contributed by atoms with Crippen molar-refractivity contribution in [3.8, 4) is 0 Å². The molecule has 1 fully saturated rings. The van der Waals surface area contributed by atoms with Crippen molar-refractivity contribution >= 4 is 5.97 Å². The van der Waals surface area contributed by atoms with Crippen LogP contribution in [0.15, 0.2) is 0 Å². The first-order valence-corrected chi connectivity index (χ1v) is 4.76. The first-order valence-electron chi connectivity index (χ1n) is 4.76. The van der Waals surface area contributed by atoms with Crippen LogP contribution in [0.25, 0.3) is 0 Å². The molecule has 0 radical (unpaired) electrons. The van der Waals surface area contributed by atoms with Crippen LogP contribution in [0, 0.1) is 5.92 Å². The summed E-state index contributed by atoms with van der Waals surface area (Å²) >= 11 is 0. The van der Waals surface area contributed by atoms with Crippen LogP contribution in [-0.4, -0.2) is 23.0 Å². The maximum Gasteiger partial charge on any atom is 0.304 e.